The average molecular weight is 308 g/mol. The first-order valence-corrected chi connectivity index (χ1v) is 7.52. The van der Waals surface area contributed by atoms with Gasteiger partial charge in [0.15, 0.2) is 0 Å². The molecular formula is C19H20N2O2. The third kappa shape index (κ3) is 2.68. The third-order valence-corrected chi connectivity index (χ3v) is 4.20. The number of hydrogen-bond donors (Lipinski definition) is 1. The van der Waals surface area contributed by atoms with Gasteiger partial charge in [-0.3, -0.25) is 4.79 Å². The van der Waals surface area contributed by atoms with E-state index >= 15 is 0 Å². The van der Waals surface area contributed by atoms with Gasteiger partial charge in [-0.1, -0.05) is 18.2 Å². The summed E-state index contributed by atoms with van der Waals surface area (Å²) in [6, 6.07) is 13.7. The summed E-state index contributed by atoms with van der Waals surface area (Å²) in [5.41, 5.74) is 4.60. The van der Waals surface area contributed by atoms with E-state index in [1.54, 1.807) is 7.11 Å². The number of hydrogen-bond acceptors (Lipinski definition) is 2. The molecule has 2 aromatic carbocycles. The molecule has 0 atom stereocenters. The normalized spacial score (nSPS) is 10.8. The Kier molecular flexibility index (Phi) is 3.82. The second kappa shape index (κ2) is 5.80. The highest BCUT2D eigenvalue weighted by molar-refractivity contribution is 6.07. The van der Waals surface area contributed by atoms with Gasteiger partial charge in [-0.05, 0) is 49.2 Å². The molecule has 0 aliphatic rings. The minimum absolute atomic E-state index is 0.111. The van der Waals surface area contributed by atoms with E-state index in [0.717, 1.165) is 33.5 Å². The van der Waals surface area contributed by atoms with Crippen molar-refractivity contribution in [2.45, 2.75) is 13.8 Å². The minimum Gasteiger partial charge on any atom is -0.497 e. The van der Waals surface area contributed by atoms with E-state index in [9.17, 15) is 4.79 Å². The van der Waals surface area contributed by atoms with Gasteiger partial charge in [0, 0.05) is 23.6 Å². The summed E-state index contributed by atoms with van der Waals surface area (Å²) >= 11 is 0. The van der Waals surface area contributed by atoms with Gasteiger partial charge in [0.2, 0.25) is 0 Å². The first-order chi connectivity index (χ1) is 11.0. The van der Waals surface area contributed by atoms with Crippen LogP contribution in [-0.4, -0.2) is 17.6 Å². The van der Waals surface area contributed by atoms with Crippen LogP contribution in [0.5, 0.6) is 5.75 Å². The van der Waals surface area contributed by atoms with Crippen LogP contribution in [-0.2, 0) is 7.05 Å². The molecule has 0 aliphatic heterocycles. The molecule has 0 unspecified atom stereocenters. The van der Waals surface area contributed by atoms with Crippen LogP contribution < -0.4 is 10.1 Å². The number of amides is 1. The fourth-order valence-corrected chi connectivity index (χ4v) is 2.86. The summed E-state index contributed by atoms with van der Waals surface area (Å²) in [6.07, 6.45) is 0. The van der Waals surface area contributed by atoms with Crippen LogP contribution >= 0.6 is 0 Å². The lowest BCUT2D eigenvalue weighted by Gasteiger charge is -2.12. The molecule has 0 aliphatic carbocycles. The number of rotatable bonds is 3. The summed E-state index contributed by atoms with van der Waals surface area (Å²) in [7, 11) is 3.53. The molecule has 1 amide bonds. The molecule has 4 heteroatoms. The molecule has 0 saturated heterocycles. The number of methoxy groups -OCH3 is 1. The van der Waals surface area contributed by atoms with Crippen LogP contribution in [0, 0.1) is 13.8 Å². The quantitative estimate of drug-likeness (QED) is 0.793. The molecule has 1 heterocycles. The third-order valence-electron chi connectivity index (χ3n) is 4.20. The Labute approximate surface area is 135 Å². The highest BCUT2D eigenvalue weighted by Gasteiger charge is 2.15. The fraction of sp³-hybridized carbons (Fsp3) is 0.211. The van der Waals surface area contributed by atoms with Crippen molar-refractivity contribution in [3.63, 3.8) is 0 Å². The Morgan fingerprint density at radius 2 is 1.78 bits per heavy atom. The van der Waals surface area contributed by atoms with Crippen molar-refractivity contribution in [3.8, 4) is 5.75 Å². The van der Waals surface area contributed by atoms with E-state index in [1.165, 1.54) is 0 Å². The van der Waals surface area contributed by atoms with Gasteiger partial charge in [-0.25, -0.2) is 0 Å². The summed E-state index contributed by atoms with van der Waals surface area (Å²) in [5, 5.41) is 4.02. The van der Waals surface area contributed by atoms with Gasteiger partial charge in [-0.2, -0.15) is 0 Å². The van der Waals surface area contributed by atoms with Crippen molar-refractivity contribution < 1.29 is 9.53 Å². The number of ether oxygens (including phenoxy) is 1. The maximum atomic E-state index is 12.7. The molecule has 1 N–H and O–H groups in total. The van der Waals surface area contributed by atoms with Crippen LogP contribution in [0.4, 0.5) is 5.69 Å². The second-order valence-electron chi connectivity index (χ2n) is 5.73. The van der Waals surface area contributed by atoms with E-state index in [1.807, 2.05) is 67.9 Å². The maximum absolute atomic E-state index is 12.7. The summed E-state index contributed by atoms with van der Waals surface area (Å²) < 4.78 is 7.15. The Hall–Kier alpha value is -2.75. The average Bonchev–Trinajstić information content (AvgIpc) is 2.87. The molecule has 1 aromatic heterocycles. The maximum Gasteiger partial charge on any atom is 0.272 e. The van der Waals surface area contributed by atoms with Crippen LogP contribution in [0.3, 0.4) is 0 Å². The predicted octanol–water partition coefficient (Wildman–Crippen LogP) is 4.06. The molecule has 4 nitrogen and oxygen atoms in total. The minimum atomic E-state index is -0.111. The number of fused-ring (bicyclic) bond motifs is 1. The topological polar surface area (TPSA) is 43.3 Å². The van der Waals surface area contributed by atoms with Crippen LogP contribution in [0.15, 0.2) is 42.5 Å². The van der Waals surface area contributed by atoms with E-state index in [4.69, 9.17) is 4.74 Å². The molecule has 23 heavy (non-hydrogen) atoms. The Morgan fingerprint density at radius 1 is 1.09 bits per heavy atom. The number of aromatic nitrogens is 1. The van der Waals surface area contributed by atoms with Gasteiger partial charge >= 0.3 is 0 Å². The largest absolute Gasteiger partial charge is 0.497 e. The lowest BCUT2D eigenvalue weighted by molar-refractivity contribution is 0.101. The standard InChI is InChI=1S/C19H20N2O2/c1-12-6-5-7-13(2)18(12)20-19(22)17-11-14-10-15(23-4)8-9-16(14)21(17)3/h5-11H,1-4H3,(H,20,22). The van der Waals surface area contributed by atoms with Gasteiger partial charge in [0.1, 0.15) is 11.4 Å². The summed E-state index contributed by atoms with van der Waals surface area (Å²) in [4.78, 5) is 12.7. The number of aryl methyl sites for hydroxylation is 3. The molecular weight excluding hydrogens is 288 g/mol. The van der Waals surface area contributed by atoms with E-state index in [2.05, 4.69) is 5.32 Å². The van der Waals surface area contributed by atoms with Crippen molar-refractivity contribution in [2.24, 2.45) is 7.05 Å². The van der Waals surface area contributed by atoms with Gasteiger partial charge in [0.05, 0.1) is 7.11 Å². The Balaban J connectivity index is 1.99. The zero-order valence-electron chi connectivity index (χ0n) is 13.8. The molecule has 118 valence electrons. The monoisotopic (exact) mass is 308 g/mol. The summed E-state index contributed by atoms with van der Waals surface area (Å²) in [6.45, 7) is 3.99. The smallest absolute Gasteiger partial charge is 0.272 e. The molecule has 0 bridgehead atoms. The highest BCUT2D eigenvalue weighted by atomic mass is 16.5. The van der Waals surface area contributed by atoms with Crippen LogP contribution in [0.2, 0.25) is 0 Å². The van der Waals surface area contributed by atoms with E-state index in [0.29, 0.717) is 5.69 Å². The van der Waals surface area contributed by atoms with E-state index < -0.39 is 0 Å². The summed E-state index contributed by atoms with van der Waals surface area (Å²) in [5.74, 6) is 0.671. The lowest BCUT2D eigenvalue weighted by Crippen LogP contribution is -2.16. The number of anilines is 1. The van der Waals surface area contributed by atoms with Crippen LogP contribution in [0.25, 0.3) is 10.9 Å². The lowest BCUT2D eigenvalue weighted by atomic mass is 10.1. The fourth-order valence-electron chi connectivity index (χ4n) is 2.86. The van der Waals surface area contributed by atoms with Gasteiger partial charge in [-0.15, -0.1) is 0 Å². The molecule has 0 spiro atoms. The van der Waals surface area contributed by atoms with Crippen molar-refractivity contribution >= 4 is 22.5 Å². The molecule has 0 saturated carbocycles. The first kappa shape index (κ1) is 15.2. The molecule has 0 radical (unpaired) electrons. The number of carbonyl (C=O) groups is 1. The molecule has 3 aromatic rings. The number of benzene rings is 2. The number of nitrogens with zero attached hydrogens (tertiary/aromatic N) is 1. The zero-order chi connectivity index (χ0) is 16.6. The van der Waals surface area contributed by atoms with Crippen molar-refractivity contribution in [1.29, 1.82) is 0 Å². The predicted molar refractivity (Wildman–Crippen MR) is 93.3 cm³/mol. The van der Waals surface area contributed by atoms with Crippen molar-refractivity contribution in [3.05, 3.63) is 59.3 Å². The molecule has 0 fully saturated rings. The number of para-hydroxylation sites is 1. The van der Waals surface area contributed by atoms with E-state index in [-0.39, 0.29) is 5.91 Å². The zero-order valence-corrected chi connectivity index (χ0v) is 13.8. The molecule has 3 rings (SSSR count). The first-order valence-electron chi connectivity index (χ1n) is 7.52. The number of carbonyl (C=O) groups excluding carboxylic acids is 1. The van der Waals surface area contributed by atoms with Crippen LogP contribution in [0.1, 0.15) is 21.6 Å². The second-order valence-corrected chi connectivity index (χ2v) is 5.73. The SMILES string of the molecule is COc1ccc2c(c1)cc(C(=O)Nc1c(C)cccc1C)n2C. The highest BCUT2D eigenvalue weighted by Crippen LogP contribution is 2.25. The Morgan fingerprint density at radius 3 is 2.43 bits per heavy atom. The van der Waals surface area contributed by atoms with Gasteiger partial charge < -0.3 is 14.6 Å². The number of nitrogens with one attached hydrogen (secondary N) is 1. The van der Waals surface area contributed by atoms with Crippen molar-refractivity contribution in [2.75, 3.05) is 12.4 Å². The van der Waals surface area contributed by atoms with Crippen molar-refractivity contribution in [1.82, 2.24) is 4.57 Å². The Bertz CT molecular complexity index is 874. The van der Waals surface area contributed by atoms with Gasteiger partial charge in [0.25, 0.3) is 5.91 Å².